The number of hydrogen-bond donors (Lipinski definition) is 2. The molecule has 0 saturated carbocycles. The van der Waals surface area contributed by atoms with E-state index >= 15 is 0 Å². The van der Waals surface area contributed by atoms with E-state index in [1.54, 1.807) is 6.33 Å². The largest absolute Gasteiger partial charge is 0.357 e. The maximum atomic E-state index is 4.51. The lowest BCUT2D eigenvalue weighted by Gasteiger charge is -2.12. The standard InChI is InChI=1S/C12H24N6/c1-5-13-12(14-7-10(3)4)15-8-11-17-16-9-18(11)6-2/h9-10H,5-8H2,1-4H3,(H2,13,14,15). The Morgan fingerprint density at radius 3 is 2.78 bits per heavy atom. The molecular weight excluding hydrogens is 228 g/mol. The lowest BCUT2D eigenvalue weighted by molar-refractivity contribution is 0.613. The summed E-state index contributed by atoms with van der Waals surface area (Å²) < 4.78 is 2.00. The number of nitrogens with zero attached hydrogens (tertiary/aromatic N) is 4. The third kappa shape index (κ3) is 4.73. The highest BCUT2D eigenvalue weighted by atomic mass is 15.3. The summed E-state index contributed by atoms with van der Waals surface area (Å²) in [6, 6.07) is 0. The molecule has 0 bridgehead atoms. The molecule has 0 saturated heterocycles. The van der Waals surface area contributed by atoms with Crippen molar-refractivity contribution in [3.05, 3.63) is 12.2 Å². The van der Waals surface area contributed by atoms with Gasteiger partial charge in [-0.3, -0.25) is 0 Å². The first-order valence-electron chi connectivity index (χ1n) is 6.56. The Bertz CT molecular complexity index is 368. The van der Waals surface area contributed by atoms with E-state index in [4.69, 9.17) is 0 Å². The summed E-state index contributed by atoms with van der Waals surface area (Å²) in [6.07, 6.45) is 1.74. The van der Waals surface area contributed by atoms with E-state index in [9.17, 15) is 0 Å². The van der Waals surface area contributed by atoms with Crippen molar-refractivity contribution in [2.45, 2.75) is 40.8 Å². The number of aliphatic imine (C=N–C) groups is 1. The van der Waals surface area contributed by atoms with Gasteiger partial charge in [-0.05, 0) is 19.8 Å². The minimum Gasteiger partial charge on any atom is -0.357 e. The van der Waals surface area contributed by atoms with E-state index in [0.717, 1.165) is 31.4 Å². The molecule has 0 fully saturated rings. The molecule has 0 amide bonds. The summed E-state index contributed by atoms with van der Waals surface area (Å²) in [5.41, 5.74) is 0. The summed E-state index contributed by atoms with van der Waals surface area (Å²) in [7, 11) is 0. The van der Waals surface area contributed by atoms with Gasteiger partial charge >= 0.3 is 0 Å². The zero-order valence-electron chi connectivity index (χ0n) is 11.8. The van der Waals surface area contributed by atoms with Crippen molar-refractivity contribution in [2.75, 3.05) is 13.1 Å². The van der Waals surface area contributed by atoms with Gasteiger partial charge in [-0.1, -0.05) is 13.8 Å². The number of nitrogens with one attached hydrogen (secondary N) is 2. The Balaban J connectivity index is 2.59. The number of aryl methyl sites for hydroxylation is 1. The monoisotopic (exact) mass is 252 g/mol. The first kappa shape index (κ1) is 14.5. The molecule has 0 aliphatic heterocycles. The highest BCUT2D eigenvalue weighted by molar-refractivity contribution is 5.79. The van der Waals surface area contributed by atoms with E-state index in [2.05, 4.69) is 53.5 Å². The van der Waals surface area contributed by atoms with Crippen LogP contribution in [0.4, 0.5) is 0 Å². The molecule has 1 aromatic heterocycles. The number of rotatable bonds is 6. The summed E-state index contributed by atoms with van der Waals surface area (Å²) in [6.45, 7) is 11.6. The van der Waals surface area contributed by atoms with E-state index in [-0.39, 0.29) is 0 Å². The van der Waals surface area contributed by atoms with Gasteiger partial charge in [-0.15, -0.1) is 10.2 Å². The lowest BCUT2D eigenvalue weighted by Crippen LogP contribution is -2.39. The second-order valence-corrected chi connectivity index (χ2v) is 4.50. The van der Waals surface area contributed by atoms with Crippen molar-refractivity contribution in [1.29, 1.82) is 0 Å². The Hall–Kier alpha value is -1.59. The van der Waals surface area contributed by atoms with Crippen LogP contribution in [0.2, 0.25) is 0 Å². The third-order valence-corrected chi connectivity index (χ3v) is 2.44. The van der Waals surface area contributed by atoms with Gasteiger partial charge in [0.2, 0.25) is 0 Å². The quantitative estimate of drug-likeness (QED) is 0.586. The highest BCUT2D eigenvalue weighted by Gasteiger charge is 2.03. The molecule has 6 nitrogen and oxygen atoms in total. The van der Waals surface area contributed by atoms with Crippen LogP contribution in [0.5, 0.6) is 0 Å². The predicted octanol–water partition coefficient (Wildman–Crippen LogP) is 1.01. The Labute approximate surface area is 109 Å². The van der Waals surface area contributed by atoms with Crippen molar-refractivity contribution in [3.63, 3.8) is 0 Å². The smallest absolute Gasteiger partial charge is 0.191 e. The summed E-state index contributed by atoms with van der Waals surface area (Å²) in [5.74, 6) is 2.31. The van der Waals surface area contributed by atoms with Crippen molar-refractivity contribution in [3.8, 4) is 0 Å². The SMILES string of the molecule is CCNC(=NCc1nncn1CC)NCC(C)C. The van der Waals surface area contributed by atoms with Crippen molar-refractivity contribution < 1.29 is 0 Å². The minimum absolute atomic E-state index is 0.543. The Kier molecular flexibility index (Phi) is 6.18. The third-order valence-electron chi connectivity index (χ3n) is 2.44. The molecule has 0 aliphatic carbocycles. The van der Waals surface area contributed by atoms with E-state index < -0.39 is 0 Å². The minimum atomic E-state index is 0.543. The predicted molar refractivity (Wildman–Crippen MR) is 73.4 cm³/mol. The molecule has 1 rings (SSSR count). The summed E-state index contributed by atoms with van der Waals surface area (Å²) in [5, 5.41) is 14.5. The van der Waals surface area contributed by atoms with Gasteiger partial charge < -0.3 is 15.2 Å². The van der Waals surface area contributed by atoms with Crippen LogP contribution in [0, 0.1) is 5.92 Å². The van der Waals surface area contributed by atoms with Gasteiger partial charge in [0.25, 0.3) is 0 Å². The average Bonchev–Trinajstić information content (AvgIpc) is 2.80. The van der Waals surface area contributed by atoms with Crippen LogP contribution in [0.25, 0.3) is 0 Å². The van der Waals surface area contributed by atoms with E-state index in [1.165, 1.54) is 0 Å². The van der Waals surface area contributed by atoms with Crippen molar-refractivity contribution in [1.82, 2.24) is 25.4 Å². The van der Waals surface area contributed by atoms with Crippen LogP contribution in [-0.2, 0) is 13.1 Å². The van der Waals surface area contributed by atoms with Crippen LogP contribution in [0.15, 0.2) is 11.3 Å². The number of guanidine groups is 1. The Morgan fingerprint density at radius 2 is 2.17 bits per heavy atom. The number of hydrogen-bond acceptors (Lipinski definition) is 3. The first-order chi connectivity index (χ1) is 8.67. The zero-order valence-corrected chi connectivity index (χ0v) is 11.8. The maximum Gasteiger partial charge on any atom is 0.191 e. The van der Waals surface area contributed by atoms with Gasteiger partial charge in [-0.25, -0.2) is 4.99 Å². The van der Waals surface area contributed by atoms with Crippen LogP contribution >= 0.6 is 0 Å². The molecule has 0 aromatic carbocycles. The second-order valence-electron chi connectivity index (χ2n) is 4.50. The molecule has 1 heterocycles. The molecule has 6 heteroatoms. The van der Waals surface area contributed by atoms with E-state index in [1.807, 2.05) is 4.57 Å². The molecule has 0 aliphatic rings. The van der Waals surface area contributed by atoms with E-state index in [0.29, 0.717) is 12.5 Å². The van der Waals surface area contributed by atoms with Crippen LogP contribution in [0.1, 0.15) is 33.5 Å². The normalized spacial score (nSPS) is 11.9. The molecule has 0 spiro atoms. The van der Waals surface area contributed by atoms with Gasteiger partial charge in [-0.2, -0.15) is 0 Å². The molecule has 1 aromatic rings. The van der Waals surface area contributed by atoms with Gasteiger partial charge in [0.1, 0.15) is 12.9 Å². The summed E-state index contributed by atoms with van der Waals surface area (Å²) >= 11 is 0. The van der Waals surface area contributed by atoms with Crippen LogP contribution < -0.4 is 10.6 Å². The Morgan fingerprint density at radius 1 is 1.39 bits per heavy atom. The van der Waals surface area contributed by atoms with Crippen molar-refractivity contribution in [2.24, 2.45) is 10.9 Å². The summed E-state index contributed by atoms with van der Waals surface area (Å²) in [4.78, 5) is 4.51. The first-order valence-corrected chi connectivity index (χ1v) is 6.56. The fourth-order valence-corrected chi connectivity index (χ4v) is 1.46. The topological polar surface area (TPSA) is 67.1 Å². The fourth-order valence-electron chi connectivity index (χ4n) is 1.46. The van der Waals surface area contributed by atoms with Crippen LogP contribution in [0.3, 0.4) is 0 Å². The van der Waals surface area contributed by atoms with Gasteiger partial charge in [0.15, 0.2) is 11.8 Å². The molecule has 102 valence electrons. The van der Waals surface area contributed by atoms with Gasteiger partial charge in [0, 0.05) is 19.6 Å². The van der Waals surface area contributed by atoms with Crippen molar-refractivity contribution >= 4 is 5.96 Å². The highest BCUT2D eigenvalue weighted by Crippen LogP contribution is 1.97. The molecule has 0 unspecified atom stereocenters. The second kappa shape index (κ2) is 7.68. The molecular formula is C12H24N6. The van der Waals surface area contributed by atoms with Crippen LogP contribution in [-0.4, -0.2) is 33.8 Å². The maximum absolute atomic E-state index is 4.51. The lowest BCUT2D eigenvalue weighted by atomic mass is 10.2. The zero-order chi connectivity index (χ0) is 13.4. The molecule has 0 atom stereocenters. The molecule has 0 radical (unpaired) electrons. The molecule has 2 N–H and O–H groups in total. The molecule has 18 heavy (non-hydrogen) atoms. The fraction of sp³-hybridized carbons (Fsp3) is 0.750. The van der Waals surface area contributed by atoms with Gasteiger partial charge in [0.05, 0.1) is 0 Å². The average molecular weight is 252 g/mol. The number of aromatic nitrogens is 3.